The number of carbonyl (C=O) groups is 2. The van der Waals surface area contributed by atoms with Crippen LogP contribution in [0.5, 0.6) is 0 Å². The first-order valence-electron chi connectivity index (χ1n) is 10.0. The normalized spacial score (nSPS) is 35.8. The number of likely N-dealkylation sites (N-methyl/N-ethyl adjacent to an activating group) is 1. The van der Waals surface area contributed by atoms with Crippen molar-refractivity contribution in [2.24, 2.45) is 17.3 Å². The van der Waals surface area contributed by atoms with Crippen LogP contribution < -0.4 is 5.32 Å². The molecule has 26 heavy (non-hydrogen) atoms. The molecule has 5 atom stereocenters. The molecule has 4 fully saturated rings. The summed E-state index contributed by atoms with van der Waals surface area (Å²) in [5.41, 5.74) is 1.09. The summed E-state index contributed by atoms with van der Waals surface area (Å²) in [6, 6.07) is 10.7. The van der Waals surface area contributed by atoms with Crippen LogP contribution in [0, 0.1) is 17.3 Å². The molecule has 5 rings (SSSR count). The molecule has 1 amide bonds. The fourth-order valence-corrected chi connectivity index (χ4v) is 6.29. The minimum atomic E-state index is -0.719. The second-order valence-corrected chi connectivity index (χ2v) is 8.83. The van der Waals surface area contributed by atoms with E-state index in [2.05, 4.69) is 35.6 Å². The Hall–Kier alpha value is -1.84. The van der Waals surface area contributed by atoms with Gasteiger partial charge in [0.15, 0.2) is 6.10 Å². The van der Waals surface area contributed by atoms with Crippen molar-refractivity contribution in [1.29, 1.82) is 0 Å². The maximum absolute atomic E-state index is 13.2. The maximum Gasteiger partial charge on any atom is 0.312 e. The Kier molecular flexibility index (Phi) is 4.32. The molecule has 4 saturated carbocycles. The predicted octanol–water partition coefficient (Wildman–Crippen LogP) is 3.59. The Morgan fingerprint density at radius 1 is 1.15 bits per heavy atom. The van der Waals surface area contributed by atoms with Gasteiger partial charge in [-0.25, -0.2) is 0 Å². The van der Waals surface area contributed by atoms with Gasteiger partial charge in [0.1, 0.15) is 0 Å². The molecule has 1 N–H and O–H groups in total. The summed E-state index contributed by atoms with van der Waals surface area (Å²) in [6.45, 7) is 4.10. The lowest BCUT2D eigenvalue weighted by Crippen LogP contribution is -2.57. The van der Waals surface area contributed by atoms with Crippen LogP contribution >= 0.6 is 0 Å². The zero-order valence-electron chi connectivity index (χ0n) is 15.8. The number of hydrogen-bond acceptors (Lipinski definition) is 3. The van der Waals surface area contributed by atoms with Gasteiger partial charge in [0.2, 0.25) is 0 Å². The molecule has 4 aliphatic carbocycles. The van der Waals surface area contributed by atoms with Crippen molar-refractivity contribution < 1.29 is 14.3 Å². The summed E-state index contributed by atoms with van der Waals surface area (Å²) < 4.78 is 5.68. The van der Waals surface area contributed by atoms with Gasteiger partial charge in [0.05, 0.1) is 5.41 Å². The molecule has 2 unspecified atom stereocenters. The number of amides is 1. The van der Waals surface area contributed by atoms with Crippen molar-refractivity contribution in [3.8, 4) is 0 Å². The number of rotatable bonds is 5. The Balaban J connectivity index is 1.58. The lowest BCUT2D eigenvalue weighted by molar-refractivity contribution is -0.180. The number of esters is 1. The van der Waals surface area contributed by atoms with Crippen molar-refractivity contribution >= 4 is 11.9 Å². The fraction of sp³-hybridized carbons (Fsp3) is 0.636. The highest BCUT2D eigenvalue weighted by Gasteiger charge is 2.61. The summed E-state index contributed by atoms with van der Waals surface area (Å²) in [4.78, 5) is 25.2. The summed E-state index contributed by atoms with van der Waals surface area (Å²) in [6.07, 6.45) is 5.64. The van der Waals surface area contributed by atoms with E-state index in [1.165, 1.54) is 24.8 Å². The van der Waals surface area contributed by atoms with E-state index in [9.17, 15) is 9.59 Å². The smallest absolute Gasteiger partial charge is 0.312 e. The van der Waals surface area contributed by atoms with Gasteiger partial charge in [-0.3, -0.25) is 9.59 Å². The quantitative estimate of drug-likeness (QED) is 0.821. The molecule has 4 nitrogen and oxygen atoms in total. The van der Waals surface area contributed by atoms with E-state index in [4.69, 9.17) is 4.74 Å². The Morgan fingerprint density at radius 2 is 1.81 bits per heavy atom. The molecule has 0 aliphatic heterocycles. The second-order valence-electron chi connectivity index (χ2n) is 8.83. The third kappa shape index (κ3) is 2.83. The van der Waals surface area contributed by atoms with E-state index in [1.807, 2.05) is 6.92 Å². The first-order chi connectivity index (χ1) is 12.5. The van der Waals surface area contributed by atoms with E-state index < -0.39 is 11.5 Å². The zero-order chi connectivity index (χ0) is 18.4. The molecule has 0 heterocycles. The molecule has 4 heteroatoms. The van der Waals surface area contributed by atoms with Gasteiger partial charge in [-0.15, -0.1) is 0 Å². The van der Waals surface area contributed by atoms with Crippen molar-refractivity contribution in [2.45, 2.75) is 63.9 Å². The van der Waals surface area contributed by atoms with Crippen molar-refractivity contribution in [1.82, 2.24) is 5.32 Å². The van der Waals surface area contributed by atoms with Gasteiger partial charge in [-0.2, -0.15) is 0 Å². The molecule has 4 bridgehead atoms. The second kappa shape index (κ2) is 6.40. The van der Waals surface area contributed by atoms with Crippen LogP contribution in [-0.2, 0) is 19.7 Å². The number of hydrogen-bond donors (Lipinski definition) is 1. The van der Waals surface area contributed by atoms with Gasteiger partial charge >= 0.3 is 5.97 Å². The van der Waals surface area contributed by atoms with Crippen LogP contribution in [0.1, 0.15) is 57.9 Å². The van der Waals surface area contributed by atoms with E-state index >= 15 is 0 Å². The molecule has 0 radical (unpaired) electrons. The minimum absolute atomic E-state index is 0.110. The van der Waals surface area contributed by atoms with Crippen LogP contribution in [-0.4, -0.2) is 24.5 Å². The molecule has 1 aromatic rings. The van der Waals surface area contributed by atoms with E-state index in [0.717, 1.165) is 19.3 Å². The molecule has 0 spiro atoms. The van der Waals surface area contributed by atoms with E-state index in [0.29, 0.717) is 18.4 Å². The highest BCUT2D eigenvalue weighted by Crippen LogP contribution is 2.66. The predicted molar refractivity (Wildman–Crippen MR) is 99.5 cm³/mol. The van der Waals surface area contributed by atoms with E-state index in [1.54, 1.807) is 6.92 Å². The summed E-state index contributed by atoms with van der Waals surface area (Å²) in [7, 11) is 0. The average molecular weight is 355 g/mol. The van der Waals surface area contributed by atoms with Gasteiger partial charge in [0, 0.05) is 6.54 Å². The van der Waals surface area contributed by atoms with Crippen molar-refractivity contribution in [2.75, 3.05) is 6.54 Å². The SMILES string of the molecule is CCNC(=O)[C@H](C)OC(=O)C12C[C@H]3C[C@@H](C1)CC(c1ccccc1)(C3)C2. The number of carbonyl (C=O) groups excluding carboxylic acids is 2. The summed E-state index contributed by atoms with van der Waals surface area (Å²) >= 11 is 0. The first kappa shape index (κ1) is 17.6. The fourth-order valence-electron chi connectivity index (χ4n) is 6.29. The largest absolute Gasteiger partial charge is 0.452 e. The minimum Gasteiger partial charge on any atom is -0.452 e. The average Bonchev–Trinajstić information content (AvgIpc) is 2.61. The topological polar surface area (TPSA) is 55.4 Å². The van der Waals surface area contributed by atoms with Crippen LogP contribution in [0.4, 0.5) is 0 Å². The highest BCUT2D eigenvalue weighted by atomic mass is 16.5. The molecule has 0 aromatic heterocycles. The first-order valence-corrected chi connectivity index (χ1v) is 10.0. The van der Waals surface area contributed by atoms with Crippen LogP contribution in [0.3, 0.4) is 0 Å². The van der Waals surface area contributed by atoms with Crippen LogP contribution in [0.15, 0.2) is 30.3 Å². The molecular formula is C22H29NO3. The lowest BCUT2D eigenvalue weighted by atomic mass is 9.43. The standard InChI is InChI=1S/C22H29NO3/c1-3-23-19(24)15(2)26-20(25)22-12-16-9-17(13-22)11-21(10-16,14-22)18-7-5-4-6-8-18/h4-8,15-17H,3,9-14H2,1-2H3,(H,23,24)/t15-,16-,17+,21?,22?/m0/s1. The Morgan fingerprint density at radius 3 is 2.42 bits per heavy atom. The Bertz CT molecular complexity index is 685. The lowest BCUT2D eigenvalue weighted by Gasteiger charge is -2.61. The third-order valence-electron chi connectivity index (χ3n) is 6.88. The number of ether oxygens (including phenoxy) is 1. The third-order valence-corrected chi connectivity index (χ3v) is 6.88. The monoisotopic (exact) mass is 355 g/mol. The molecule has 0 saturated heterocycles. The molecule has 4 aliphatic rings. The number of benzene rings is 1. The summed E-state index contributed by atoms with van der Waals surface area (Å²) in [5.74, 6) is 0.849. The highest BCUT2D eigenvalue weighted by molar-refractivity contribution is 5.85. The van der Waals surface area contributed by atoms with Gasteiger partial charge in [0.25, 0.3) is 5.91 Å². The van der Waals surface area contributed by atoms with Crippen molar-refractivity contribution in [3.05, 3.63) is 35.9 Å². The van der Waals surface area contributed by atoms with Gasteiger partial charge < -0.3 is 10.1 Å². The van der Waals surface area contributed by atoms with Crippen LogP contribution in [0.25, 0.3) is 0 Å². The molecular weight excluding hydrogens is 326 g/mol. The Labute approximate surface area is 155 Å². The molecule has 1 aromatic carbocycles. The zero-order valence-corrected chi connectivity index (χ0v) is 15.8. The van der Waals surface area contributed by atoms with Gasteiger partial charge in [-0.1, -0.05) is 30.3 Å². The van der Waals surface area contributed by atoms with Crippen LogP contribution in [0.2, 0.25) is 0 Å². The van der Waals surface area contributed by atoms with Crippen molar-refractivity contribution in [3.63, 3.8) is 0 Å². The van der Waals surface area contributed by atoms with E-state index in [-0.39, 0.29) is 17.3 Å². The van der Waals surface area contributed by atoms with Gasteiger partial charge in [-0.05, 0) is 75.2 Å². The number of nitrogens with one attached hydrogen (secondary N) is 1. The maximum atomic E-state index is 13.2. The molecule has 140 valence electrons. The summed E-state index contributed by atoms with van der Waals surface area (Å²) in [5, 5.41) is 2.74.